The van der Waals surface area contributed by atoms with Crippen molar-refractivity contribution in [3.63, 3.8) is 0 Å². The molecule has 0 bridgehead atoms. The van der Waals surface area contributed by atoms with Crippen molar-refractivity contribution in [2.75, 3.05) is 31.1 Å². The van der Waals surface area contributed by atoms with Crippen molar-refractivity contribution in [1.82, 2.24) is 14.9 Å². The SMILES string of the molecule is CC(C)c1ccc(CC(=O)N2CCN(c3ncccn3)CC2)cc1. The summed E-state index contributed by atoms with van der Waals surface area (Å²) < 4.78 is 0. The summed E-state index contributed by atoms with van der Waals surface area (Å²) in [4.78, 5) is 25.1. The van der Waals surface area contributed by atoms with E-state index in [-0.39, 0.29) is 5.91 Å². The van der Waals surface area contributed by atoms with Gasteiger partial charge in [0.1, 0.15) is 0 Å². The fourth-order valence-electron chi connectivity index (χ4n) is 2.92. The van der Waals surface area contributed by atoms with Crippen LogP contribution in [0.2, 0.25) is 0 Å². The monoisotopic (exact) mass is 324 g/mol. The predicted octanol–water partition coefficient (Wildman–Crippen LogP) is 2.49. The third-order valence-corrected chi connectivity index (χ3v) is 4.47. The standard InChI is InChI=1S/C19H24N4O/c1-15(2)17-6-4-16(5-7-17)14-18(24)22-10-12-23(13-11-22)19-20-8-3-9-21-19/h3-9,15H,10-14H2,1-2H3. The smallest absolute Gasteiger partial charge is 0.227 e. The van der Waals surface area contributed by atoms with E-state index in [1.807, 2.05) is 11.0 Å². The second-order valence-electron chi connectivity index (χ2n) is 6.49. The first-order valence-electron chi connectivity index (χ1n) is 8.52. The topological polar surface area (TPSA) is 49.3 Å². The lowest BCUT2D eigenvalue weighted by Gasteiger charge is -2.34. The van der Waals surface area contributed by atoms with E-state index in [4.69, 9.17) is 0 Å². The van der Waals surface area contributed by atoms with E-state index in [1.165, 1.54) is 5.56 Å². The number of amides is 1. The van der Waals surface area contributed by atoms with Crippen molar-refractivity contribution < 1.29 is 4.79 Å². The first-order valence-corrected chi connectivity index (χ1v) is 8.52. The molecule has 126 valence electrons. The molecule has 1 aliphatic heterocycles. The van der Waals surface area contributed by atoms with Gasteiger partial charge in [-0.3, -0.25) is 4.79 Å². The zero-order valence-corrected chi connectivity index (χ0v) is 14.4. The second kappa shape index (κ2) is 7.43. The Morgan fingerprint density at radius 1 is 1.04 bits per heavy atom. The van der Waals surface area contributed by atoms with Gasteiger partial charge >= 0.3 is 0 Å². The number of carbonyl (C=O) groups excluding carboxylic acids is 1. The molecule has 2 aromatic rings. The van der Waals surface area contributed by atoms with Crippen LogP contribution in [0, 0.1) is 0 Å². The van der Waals surface area contributed by atoms with Crippen LogP contribution >= 0.6 is 0 Å². The average molecular weight is 324 g/mol. The maximum atomic E-state index is 12.5. The van der Waals surface area contributed by atoms with E-state index in [1.54, 1.807) is 12.4 Å². The van der Waals surface area contributed by atoms with Gasteiger partial charge in [-0.05, 0) is 23.1 Å². The zero-order chi connectivity index (χ0) is 16.9. The lowest BCUT2D eigenvalue weighted by atomic mass is 10.0. The zero-order valence-electron chi connectivity index (χ0n) is 14.4. The molecule has 2 heterocycles. The minimum Gasteiger partial charge on any atom is -0.339 e. The molecule has 1 aromatic heterocycles. The minimum absolute atomic E-state index is 0.195. The Morgan fingerprint density at radius 3 is 2.25 bits per heavy atom. The molecule has 0 N–H and O–H groups in total. The van der Waals surface area contributed by atoms with Crippen LogP contribution in [0.5, 0.6) is 0 Å². The van der Waals surface area contributed by atoms with Crippen LogP contribution < -0.4 is 4.90 Å². The summed E-state index contributed by atoms with van der Waals surface area (Å²) in [7, 11) is 0. The molecular formula is C19H24N4O. The molecule has 5 nitrogen and oxygen atoms in total. The highest BCUT2D eigenvalue weighted by Gasteiger charge is 2.22. The molecule has 0 atom stereocenters. The number of rotatable bonds is 4. The Bertz CT molecular complexity index is 662. The minimum atomic E-state index is 0.195. The van der Waals surface area contributed by atoms with E-state index in [2.05, 4.69) is 53.0 Å². The molecule has 1 fully saturated rings. The van der Waals surface area contributed by atoms with Crippen LogP contribution in [0.3, 0.4) is 0 Å². The van der Waals surface area contributed by atoms with Crippen molar-refractivity contribution in [3.8, 4) is 0 Å². The first-order chi connectivity index (χ1) is 11.6. The normalized spacial score (nSPS) is 15.0. The number of piperazine rings is 1. The van der Waals surface area contributed by atoms with Gasteiger partial charge in [-0.1, -0.05) is 38.1 Å². The van der Waals surface area contributed by atoms with Gasteiger partial charge in [0.05, 0.1) is 6.42 Å². The van der Waals surface area contributed by atoms with Gasteiger partial charge in [0.15, 0.2) is 0 Å². The molecule has 3 rings (SSSR count). The average Bonchev–Trinajstić information content (AvgIpc) is 2.63. The predicted molar refractivity (Wildman–Crippen MR) is 95.1 cm³/mol. The van der Waals surface area contributed by atoms with Gasteiger partial charge in [0, 0.05) is 38.6 Å². The van der Waals surface area contributed by atoms with Gasteiger partial charge in [0.2, 0.25) is 11.9 Å². The maximum Gasteiger partial charge on any atom is 0.227 e. The summed E-state index contributed by atoms with van der Waals surface area (Å²) >= 11 is 0. The molecule has 1 saturated heterocycles. The summed E-state index contributed by atoms with van der Waals surface area (Å²) in [5.41, 5.74) is 2.39. The Hall–Kier alpha value is -2.43. The van der Waals surface area contributed by atoms with E-state index >= 15 is 0 Å². The van der Waals surface area contributed by atoms with E-state index in [0.29, 0.717) is 12.3 Å². The van der Waals surface area contributed by atoms with Crippen LogP contribution in [0.4, 0.5) is 5.95 Å². The summed E-state index contributed by atoms with van der Waals surface area (Å²) in [6.07, 6.45) is 3.97. The van der Waals surface area contributed by atoms with Gasteiger partial charge < -0.3 is 9.80 Å². The van der Waals surface area contributed by atoms with Crippen molar-refractivity contribution in [2.45, 2.75) is 26.2 Å². The molecular weight excluding hydrogens is 300 g/mol. The summed E-state index contributed by atoms with van der Waals surface area (Å²) in [5.74, 6) is 1.46. The molecule has 0 radical (unpaired) electrons. The Balaban J connectivity index is 1.53. The van der Waals surface area contributed by atoms with Crippen LogP contribution in [-0.2, 0) is 11.2 Å². The van der Waals surface area contributed by atoms with Crippen LogP contribution in [0.1, 0.15) is 30.9 Å². The number of hydrogen-bond acceptors (Lipinski definition) is 4. The highest BCUT2D eigenvalue weighted by atomic mass is 16.2. The van der Waals surface area contributed by atoms with Gasteiger partial charge in [-0.2, -0.15) is 0 Å². The summed E-state index contributed by atoms with van der Waals surface area (Å²) in [6, 6.07) is 10.2. The summed E-state index contributed by atoms with van der Waals surface area (Å²) in [5, 5.41) is 0. The van der Waals surface area contributed by atoms with Crippen molar-refractivity contribution in [2.24, 2.45) is 0 Å². The fourth-order valence-corrected chi connectivity index (χ4v) is 2.92. The molecule has 1 amide bonds. The lowest BCUT2D eigenvalue weighted by Crippen LogP contribution is -2.49. The van der Waals surface area contributed by atoms with Crippen molar-refractivity contribution >= 4 is 11.9 Å². The number of aromatic nitrogens is 2. The van der Waals surface area contributed by atoms with E-state index in [9.17, 15) is 4.79 Å². The molecule has 5 heteroatoms. The Labute approximate surface area is 143 Å². The molecule has 1 aliphatic rings. The molecule has 0 unspecified atom stereocenters. The first kappa shape index (κ1) is 16.4. The lowest BCUT2D eigenvalue weighted by molar-refractivity contribution is -0.130. The third-order valence-electron chi connectivity index (χ3n) is 4.47. The third kappa shape index (κ3) is 3.91. The number of nitrogens with zero attached hydrogens (tertiary/aromatic N) is 4. The highest BCUT2D eigenvalue weighted by molar-refractivity contribution is 5.79. The van der Waals surface area contributed by atoms with Crippen LogP contribution in [0.15, 0.2) is 42.7 Å². The molecule has 0 spiro atoms. The Kier molecular flexibility index (Phi) is 5.08. The highest BCUT2D eigenvalue weighted by Crippen LogP contribution is 2.16. The quantitative estimate of drug-likeness (QED) is 0.867. The molecule has 0 aliphatic carbocycles. The summed E-state index contributed by atoms with van der Waals surface area (Å²) in [6.45, 7) is 7.36. The number of carbonyl (C=O) groups is 1. The maximum absolute atomic E-state index is 12.5. The van der Waals surface area contributed by atoms with Crippen molar-refractivity contribution in [1.29, 1.82) is 0 Å². The fraction of sp³-hybridized carbons (Fsp3) is 0.421. The number of hydrogen-bond donors (Lipinski definition) is 0. The number of benzene rings is 1. The van der Waals surface area contributed by atoms with Crippen molar-refractivity contribution in [3.05, 3.63) is 53.9 Å². The Morgan fingerprint density at radius 2 is 1.67 bits per heavy atom. The van der Waals surface area contributed by atoms with Crippen LogP contribution in [-0.4, -0.2) is 47.0 Å². The van der Waals surface area contributed by atoms with E-state index < -0.39 is 0 Å². The largest absolute Gasteiger partial charge is 0.339 e. The van der Waals surface area contributed by atoms with Crippen LogP contribution in [0.25, 0.3) is 0 Å². The second-order valence-corrected chi connectivity index (χ2v) is 6.49. The van der Waals surface area contributed by atoms with E-state index in [0.717, 1.165) is 37.7 Å². The van der Waals surface area contributed by atoms with Gasteiger partial charge in [0.25, 0.3) is 0 Å². The number of anilines is 1. The molecule has 0 saturated carbocycles. The molecule has 24 heavy (non-hydrogen) atoms. The molecule has 1 aromatic carbocycles. The van der Waals surface area contributed by atoms with Gasteiger partial charge in [-0.25, -0.2) is 9.97 Å². The van der Waals surface area contributed by atoms with Gasteiger partial charge in [-0.15, -0.1) is 0 Å².